The molecule has 2 aromatic rings. The zero-order chi connectivity index (χ0) is 22.2. The molecule has 0 aliphatic carbocycles. The first-order chi connectivity index (χ1) is 15.0. The van der Waals surface area contributed by atoms with E-state index in [4.69, 9.17) is 14.7 Å². The lowest BCUT2D eigenvalue weighted by molar-refractivity contribution is -0.122. The molecule has 162 valence electrons. The summed E-state index contributed by atoms with van der Waals surface area (Å²) in [6, 6.07) is 14.6. The van der Waals surface area contributed by atoms with E-state index in [1.807, 2.05) is 29.2 Å². The Hall–Kier alpha value is -3.73. The molecule has 1 fully saturated rings. The van der Waals surface area contributed by atoms with Gasteiger partial charge in [0.2, 0.25) is 0 Å². The number of carbonyl (C=O) groups excluding carboxylic acids is 2. The first-order valence-electron chi connectivity index (χ1n) is 10.1. The number of carbonyl (C=O) groups is 2. The summed E-state index contributed by atoms with van der Waals surface area (Å²) in [5.41, 5.74) is 2.19. The normalized spacial score (nSPS) is 13.7. The van der Waals surface area contributed by atoms with Gasteiger partial charge in [-0.3, -0.25) is 9.59 Å². The molecule has 1 N–H and O–H groups in total. The second-order valence-corrected chi connectivity index (χ2v) is 7.12. The van der Waals surface area contributed by atoms with Gasteiger partial charge in [0.25, 0.3) is 11.8 Å². The zero-order valence-electron chi connectivity index (χ0n) is 17.8. The van der Waals surface area contributed by atoms with E-state index in [0.29, 0.717) is 42.3 Å². The Labute approximate surface area is 182 Å². The van der Waals surface area contributed by atoms with Gasteiger partial charge in [0.1, 0.15) is 0 Å². The molecule has 31 heavy (non-hydrogen) atoms. The third-order valence-electron chi connectivity index (χ3n) is 5.19. The van der Waals surface area contributed by atoms with Crippen LogP contribution in [0.15, 0.2) is 42.5 Å². The number of methoxy groups -OCH3 is 1. The summed E-state index contributed by atoms with van der Waals surface area (Å²) in [7, 11) is 3.03. The van der Waals surface area contributed by atoms with Crippen LogP contribution in [0.25, 0.3) is 0 Å². The van der Waals surface area contributed by atoms with Crippen LogP contribution in [-0.2, 0) is 4.79 Å². The number of nitrogens with one attached hydrogen (secondary N) is 1. The number of ether oxygens (including phenoxy) is 2. The maximum atomic E-state index is 13.1. The summed E-state index contributed by atoms with van der Waals surface area (Å²) in [4.78, 5) is 28.5. The minimum absolute atomic E-state index is 0.0715. The van der Waals surface area contributed by atoms with Gasteiger partial charge in [-0.15, -0.1) is 0 Å². The molecule has 0 bridgehead atoms. The molecule has 1 aliphatic rings. The standard InChI is InChI=1S/C23H26N4O4/c1-25-22(28)16-31-20-9-6-18(14-21(20)30-2)23(29)27-11-3-10-26(12-13-27)19-7-4-17(15-24)5-8-19/h4-9,14H,3,10-13,16H2,1-2H3,(H,25,28). The number of benzene rings is 2. The van der Waals surface area contributed by atoms with E-state index >= 15 is 0 Å². The molecule has 3 rings (SSSR count). The molecule has 0 unspecified atom stereocenters. The number of hydrogen-bond donors (Lipinski definition) is 1. The average Bonchev–Trinajstić information content (AvgIpc) is 3.08. The largest absolute Gasteiger partial charge is 0.493 e. The molecule has 0 atom stereocenters. The quantitative estimate of drug-likeness (QED) is 0.766. The van der Waals surface area contributed by atoms with Crippen molar-refractivity contribution in [2.45, 2.75) is 6.42 Å². The number of rotatable bonds is 6. The maximum Gasteiger partial charge on any atom is 0.257 e. The highest BCUT2D eigenvalue weighted by atomic mass is 16.5. The van der Waals surface area contributed by atoms with Crippen LogP contribution in [0.1, 0.15) is 22.3 Å². The fourth-order valence-electron chi connectivity index (χ4n) is 3.44. The van der Waals surface area contributed by atoms with Crippen molar-refractivity contribution in [3.05, 3.63) is 53.6 Å². The Morgan fingerprint density at radius 1 is 1.06 bits per heavy atom. The number of likely N-dealkylation sites (N-methyl/N-ethyl adjacent to an activating group) is 1. The average molecular weight is 422 g/mol. The minimum atomic E-state index is -0.251. The van der Waals surface area contributed by atoms with Gasteiger partial charge in [0.05, 0.1) is 18.7 Å². The summed E-state index contributed by atoms with van der Waals surface area (Å²) in [6.07, 6.45) is 0.843. The SMILES string of the molecule is CNC(=O)COc1ccc(C(=O)N2CCCN(c3ccc(C#N)cc3)CC2)cc1OC. The summed E-state index contributed by atoms with van der Waals surface area (Å²) in [6.45, 7) is 2.67. The highest BCUT2D eigenvalue weighted by Gasteiger charge is 2.22. The first kappa shape index (κ1) is 22.0. The number of nitriles is 1. The molecule has 8 heteroatoms. The van der Waals surface area contributed by atoms with E-state index in [1.165, 1.54) is 14.2 Å². The lowest BCUT2D eigenvalue weighted by Gasteiger charge is -2.24. The van der Waals surface area contributed by atoms with Crippen molar-refractivity contribution >= 4 is 17.5 Å². The second kappa shape index (κ2) is 10.3. The van der Waals surface area contributed by atoms with Gasteiger partial charge in [-0.2, -0.15) is 5.26 Å². The molecule has 1 aliphatic heterocycles. The maximum absolute atomic E-state index is 13.1. The number of anilines is 1. The first-order valence-corrected chi connectivity index (χ1v) is 10.1. The minimum Gasteiger partial charge on any atom is -0.493 e. The predicted molar refractivity (Wildman–Crippen MR) is 116 cm³/mol. The van der Waals surface area contributed by atoms with Crippen molar-refractivity contribution in [2.24, 2.45) is 0 Å². The second-order valence-electron chi connectivity index (χ2n) is 7.12. The van der Waals surface area contributed by atoms with Gasteiger partial charge in [-0.05, 0) is 48.9 Å². The predicted octanol–water partition coefficient (Wildman–Crippen LogP) is 2.04. The van der Waals surface area contributed by atoms with Crippen LogP contribution in [0.4, 0.5) is 5.69 Å². The fourth-order valence-corrected chi connectivity index (χ4v) is 3.44. The Bertz CT molecular complexity index is 969. The highest BCUT2D eigenvalue weighted by Crippen LogP contribution is 2.29. The number of amides is 2. The van der Waals surface area contributed by atoms with Crippen molar-refractivity contribution in [3.63, 3.8) is 0 Å². The molecule has 1 heterocycles. The summed E-state index contributed by atoms with van der Waals surface area (Å²) in [5, 5.41) is 11.5. The van der Waals surface area contributed by atoms with Gasteiger partial charge >= 0.3 is 0 Å². The van der Waals surface area contributed by atoms with Crippen molar-refractivity contribution < 1.29 is 19.1 Å². The van der Waals surface area contributed by atoms with Crippen LogP contribution in [0.3, 0.4) is 0 Å². The van der Waals surface area contributed by atoms with E-state index in [2.05, 4.69) is 16.3 Å². The summed E-state index contributed by atoms with van der Waals surface area (Å²) >= 11 is 0. The third-order valence-corrected chi connectivity index (χ3v) is 5.19. The van der Waals surface area contributed by atoms with Crippen LogP contribution < -0.4 is 19.7 Å². The molecular formula is C23H26N4O4. The summed E-state index contributed by atoms with van der Waals surface area (Å²) < 4.78 is 10.8. The lowest BCUT2D eigenvalue weighted by atomic mass is 10.1. The van der Waals surface area contributed by atoms with Gasteiger partial charge in [0.15, 0.2) is 18.1 Å². The van der Waals surface area contributed by atoms with Crippen LogP contribution in [-0.4, -0.2) is 63.7 Å². The van der Waals surface area contributed by atoms with Crippen molar-refractivity contribution in [1.29, 1.82) is 5.26 Å². The van der Waals surface area contributed by atoms with E-state index in [0.717, 1.165) is 18.7 Å². The molecule has 1 saturated heterocycles. The third kappa shape index (κ3) is 5.45. The smallest absolute Gasteiger partial charge is 0.257 e. The van der Waals surface area contributed by atoms with Gasteiger partial charge in [-0.1, -0.05) is 0 Å². The Morgan fingerprint density at radius 3 is 2.52 bits per heavy atom. The molecule has 2 aromatic carbocycles. The molecule has 0 saturated carbocycles. The van der Waals surface area contributed by atoms with Gasteiger partial charge in [0, 0.05) is 44.5 Å². The van der Waals surface area contributed by atoms with Crippen LogP contribution >= 0.6 is 0 Å². The van der Waals surface area contributed by atoms with E-state index in [1.54, 1.807) is 18.2 Å². The molecule has 0 spiro atoms. The van der Waals surface area contributed by atoms with Crippen LogP contribution in [0.5, 0.6) is 11.5 Å². The van der Waals surface area contributed by atoms with E-state index < -0.39 is 0 Å². The Balaban J connectivity index is 1.66. The highest BCUT2D eigenvalue weighted by molar-refractivity contribution is 5.95. The molecule has 0 aromatic heterocycles. The molecular weight excluding hydrogens is 396 g/mol. The van der Waals surface area contributed by atoms with Crippen LogP contribution in [0, 0.1) is 11.3 Å². The van der Waals surface area contributed by atoms with Crippen molar-refractivity contribution in [1.82, 2.24) is 10.2 Å². The topological polar surface area (TPSA) is 94.9 Å². The van der Waals surface area contributed by atoms with Crippen LogP contribution in [0.2, 0.25) is 0 Å². The summed E-state index contributed by atoms with van der Waals surface area (Å²) in [5.74, 6) is 0.491. The monoisotopic (exact) mass is 422 g/mol. The fraction of sp³-hybridized carbons (Fsp3) is 0.348. The van der Waals surface area contributed by atoms with Gasteiger partial charge < -0.3 is 24.6 Å². The van der Waals surface area contributed by atoms with E-state index in [9.17, 15) is 9.59 Å². The lowest BCUT2D eigenvalue weighted by Crippen LogP contribution is -2.35. The van der Waals surface area contributed by atoms with E-state index in [-0.39, 0.29) is 18.4 Å². The molecule has 8 nitrogen and oxygen atoms in total. The van der Waals surface area contributed by atoms with Gasteiger partial charge in [-0.25, -0.2) is 0 Å². The number of nitrogens with zero attached hydrogens (tertiary/aromatic N) is 3. The molecule has 2 amide bonds. The zero-order valence-corrected chi connectivity index (χ0v) is 17.8. The van der Waals surface area contributed by atoms with Crippen molar-refractivity contribution in [2.75, 3.05) is 51.8 Å². The number of hydrogen-bond acceptors (Lipinski definition) is 6. The Kier molecular flexibility index (Phi) is 7.33. The Morgan fingerprint density at radius 2 is 1.84 bits per heavy atom. The molecule has 0 radical (unpaired) electrons. The van der Waals surface area contributed by atoms with Crippen molar-refractivity contribution in [3.8, 4) is 17.6 Å².